The largest absolute Gasteiger partial charge is 0.493 e. The Morgan fingerprint density at radius 1 is 1.18 bits per heavy atom. The maximum atomic E-state index is 12.1. The third kappa shape index (κ3) is 6.34. The number of hydrogen-bond donors (Lipinski definition) is 1. The zero-order valence-electron chi connectivity index (χ0n) is 16.4. The third-order valence-electron chi connectivity index (χ3n) is 3.94. The Kier molecular flexibility index (Phi) is 8.51. The molecule has 0 unspecified atom stereocenters. The summed E-state index contributed by atoms with van der Waals surface area (Å²) in [6.45, 7) is 8.50. The summed E-state index contributed by atoms with van der Waals surface area (Å²) in [5.41, 5.74) is 5.35. The molecule has 0 aromatic heterocycles. The van der Waals surface area contributed by atoms with Crippen molar-refractivity contribution in [3.63, 3.8) is 0 Å². The Hall–Kier alpha value is -1.86. The molecular formula is C21H24Br2N2O3. The van der Waals surface area contributed by atoms with Gasteiger partial charge in [-0.15, -0.1) is 0 Å². The summed E-state index contributed by atoms with van der Waals surface area (Å²) < 4.78 is 13.2. The number of halogens is 2. The molecule has 0 spiro atoms. The monoisotopic (exact) mass is 510 g/mol. The van der Waals surface area contributed by atoms with Crippen molar-refractivity contribution >= 4 is 44.0 Å². The van der Waals surface area contributed by atoms with E-state index < -0.39 is 0 Å². The first kappa shape index (κ1) is 22.4. The van der Waals surface area contributed by atoms with E-state index in [-0.39, 0.29) is 18.4 Å². The van der Waals surface area contributed by atoms with Gasteiger partial charge in [-0.05, 0) is 61.2 Å². The lowest BCUT2D eigenvalue weighted by Crippen LogP contribution is -2.25. The molecule has 0 atom stereocenters. The SMILES string of the molecule is CCOc1ccc(Br)cc1C=NNC(=O)COc1cc(C)c(Br)cc1C(C)C. The molecule has 2 aromatic rings. The number of nitrogens with zero attached hydrogens (tertiary/aromatic N) is 1. The van der Waals surface area contributed by atoms with Crippen LogP contribution in [-0.4, -0.2) is 25.3 Å². The molecule has 0 saturated carbocycles. The molecular weight excluding hydrogens is 488 g/mol. The molecule has 0 heterocycles. The average molecular weight is 512 g/mol. The van der Waals surface area contributed by atoms with Crippen LogP contribution < -0.4 is 14.9 Å². The number of carbonyl (C=O) groups is 1. The minimum atomic E-state index is -0.334. The van der Waals surface area contributed by atoms with Gasteiger partial charge in [-0.25, -0.2) is 5.43 Å². The molecule has 1 amide bonds. The van der Waals surface area contributed by atoms with E-state index in [4.69, 9.17) is 9.47 Å². The first-order valence-corrected chi connectivity index (χ1v) is 10.6. The first-order valence-electron chi connectivity index (χ1n) is 8.98. The molecule has 0 bridgehead atoms. The Balaban J connectivity index is 2.00. The summed E-state index contributed by atoms with van der Waals surface area (Å²) in [5, 5.41) is 4.01. The fourth-order valence-electron chi connectivity index (χ4n) is 2.50. The van der Waals surface area contributed by atoms with Gasteiger partial charge in [0, 0.05) is 14.5 Å². The maximum Gasteiger partial charge on any atom is 0.277 e. The summed E-state index contributed by atoms with van der Waals surface area (Å²) in [6, 6.07) is 9.58. The predicted molar refractivity (Wildman–Crippen MR) is 120 cm³/mol. The van der Waals surface area contributed by atoms with E-state index in [0.717, 1.165) is 25.6 Å². The summed E-state index contributed by atoms with van der Waals surface area (Å²) in [5.74, 6) is 1.35. The van der Waals surface area contributed by atoms with Crippen molar-refractivity contribution in [1.82, 2.24) is 5.43 Å². The van der Waals surface area contributed by atoms with Gasteiger partial charge in [0.25, 0.3) is 5.91 Å². The number of rotatable bonds is 8. The topological polar surface area (TPSA) is 59.9 Å². The Labute approximate surface area is 182 Å². The van der Waals surface area contributed by atoms with Gasteiger partial charge in [0.1, 0.15) is 11.5 Å². The average Bonchev–Trinajstić information content (AvgIpc) is 2.64. The maximum absolute atomic E-state index is 12.1. The number of hydrazone groups is 1. The molecule has 0 radical (unpaired) electrons. The smallest absolute Gasteiger partial charge is 0.277 e. The quantitative estimate of drug-likeness (QED) is 0.372. The molecule has 0 aliphatic carbocycles. The van der Waals surface area contributed by atoms with Gasteiger partial charge in [0.05, 0.1) is 12.8 Å². The lowest BCUT2D eigenvalue weighted by atomic mass is 10.0. The van der Waals surface area contributed by atoms with Crippen molar-refractivity contribution in [2.45, 2.75) is 33.6 Å². The number of ether oxygens (including phenoxy) is 2. The molecule has 0 aliphatic heterocycles. The highest BCUT2D eigenvalue weighted by molar-refractivity contribution is 9.10. The van der Waals surface area contributed by atoms with Crippen molar-refractivity contribution in [2.24, 2.45) is 5.10 Å². The van der Waals surface area contributed by atoms with E-state index in [2.05, 4.69) is 56.2 Å². The van der Waals surface area contributed by atoms with Crippen molar-refractivity contribution in [1.29, 1.82) is 0 Å². The Morgan fingerprint density at radius 3 is 2.61 bits per heavy atom. The van der Waals surface area contributed by atoms with Crippen molar-refractivity contribution in [2.75, 3.05) is 13.2 Å². The van der Waals surface area contributed by atoms with Crippen molar-refractivity contribution < 1.29 is 14.3 Å². The van der Waals surface area contributed by atoms with E-state index in [1.54, 1.807) is 6.21 Å². The van der Waals surface area contributed by atoms with Gasteiger partial charge in [-0.1, -0.05) is 45.7 Å². The standard InChI is InChI=1S/C21H24Br2N2O3/c1-5-27-19-7-6-16(22)9-15(19)11-24-25-21(26)12-28-20-8-14(4)18(23)10-17(20)13(2)3/h6-11,13H,5,12H2,1-4H3,(H,25,26). The van der Waals surface area contributed by atoms with E-state index in [9.17, 15) is 4.79 Å². The van der Waals surface area contributed by atoms with Crippen LogP contribution in [0.5, 0.6) is 11.5 Å². The molecule has 0 fully saturated rings. The fraction of sp³-hybridized carbons (Fsp3) is 0.333. The number of amides is 1. The molecule has 1 N–H and O–H groups in total. The van der Waals surface area contributed by atoms with E-state index in [1.165, 1.54) is 0 Å². The van der Waals surface area contributed by atoms with Gasteiger partial charge in [0.2, 0.25) is 0 Å². The van der Waals surface area contributed by atoms with Crippen LogP contribution in [0.4, 0.5) is 0 Å². The fourth-order valence-corrected chi connectivity index (χ4v) is 3.24. The first-order chi connectivity index (χ1) is 13.3. The van der Waals surface area contributed by atoms with Crippen LogP contribution in [-0.2, 0) is 4.79 Å². The zero-order chi connectivity index (χ0) is 20.7. The molecule has 28 heavy (non-hydrogen) atoms. The van der Waals surface area contributed by atoms with Gasteiger partial charge in [0.15, 0.2) is 6.61 Å². The summed E-state index contributed by atoms with van der Waals surface area (Å²) in [7, 11) is 0. The molecule has 5 nitrogen and oxygen atoms in total. The van der Waals surface area contributed by atoms with Crippen LogP contribution >= 0.6 is 31.9 Å². The van der Waals surface area contributed by atoms with Crippen molar-refractivity contribution in [3.8, 4) is 11.5 Å². The van der Waals surface area contributed by atoms with Crippen LogP contribution in [0, 0.1) is 6.92 Å². The van der Waals surface area contributed by atoms with E-state index in [0.29, 0.717) is 18.1 Å². The molecule has 2 rings (SSSR count). The second-order valence-electron chi connectivity index (χ2n) is 6.49. The lowest BCUT2D eigenvalue weighted by molar-refractivity contribution is -0.123. The summed E-state index contributed by atoms with van der Waals surface area (Å²) >= 11 is 6.96. The van der Waals surface area contributed by atoms with Gasteiger partial charge in [-0.3, -0.25) is 4.79 Å². The number of carbonyl (C=O) groups excluding carboxylic acids is 1. The van der Waals surface area contributed by atoms with Crippen molar-refractivity contribution in [3.05, 3.63) is 56.0 Å². The second kappa shape index (κ2) is 10.6. The highest BCUT2D eigenvalue weighted by Gasteiger charge is 2.12. The van der Waals surface area contributed by atoms with Gasteiger partial charge >= 0.3 is 0 Å². The summed E-state index contributed by atoms with van der Waals surface area (Å²) in [4.78, 5) is 12.1. The molecule has 150 valence electrons. The normalized spacial score (nSPS) is 11.1. The van der Waals surface area contributed by atoms with Gasteiger partial charge < -0.3 is 9.47 Å². The molecule has 0 aliphatic rings. The molecule has 7 heteroatoms. The molecule has 2 aromatic carbocycles. The minimum Gasteiger partial charge on any atom is -0.493 e. The highest BCUT2D eigenvalue weighted by Crippen LogP contribution is 2.32. The number of nitrogens with one attached hydrogen (secondary N) is 1. The Bertz CT molecular complexity index is 867. The zero-order valence-corrected chi connectivity index (χ0v) is 19.6. The second-order valence-corrected chi connectivity index (χ2v) is 8.26. The summed E-state index contributed by atoms with van der Waals surface area (Å²) in [6.07, 6.45) is 1.55. The van der Waals surface area contributed by atoms with Crippen LogP contribution in [0.15, 0.2) is 44.4 Å². The van der Waals surface area contributed by atoms with Crippen LogP contribution in [0.2, 0.25) is 0 Å². The van der Waals surface area contributed by atoms with Crippen LogP contribution in [0.3, 0.4) is 0 Å². The number of hydrogen-bond acceptors (Lipinski definition) is 4. The minimum absolute atomic E-state index is 0.116. The Morgan fingerprint density at radius 2 is 1.93 bits per heavy atom. The van der Waals surface area contributed by atoms with Gasteiger partial charge in [-0.2, -0.15) is 5.10 Å². The number of aryl methyl sites for hydroxylation is 1. The third-order valence-corrected chi connectivity index (χ3v) is 5.28. The number of benzene rings is 2. The molecule has 0 saturated heterocycles. The van der Waals surface area contributed by atoms with E-state index in [1.807, 2.05) is 44.2 Å². The highest BCUT2D eigenvalue weighted by atomic mass is 79.9. The lowest BCUT2D eigenvalue weighted by Gasteiger charge is -2.15. The van der Waals surface area contributed by atoms with Crippen LogP contribution in [0.25, 0.3) is 0 Å². The van der Waals surface area contributed by atoms with E-state index >= 15 is 0 Å². The predicted octanol–water partition coefficient (Wildman–Crippen LogP) is 5.57. The van der Waals surface area contributed by atoms with Crippen LogP contribution in [0.1, 0.15) is 43.4 Å².